The van der Waals surface area contributed by atoms with Gasteiger partial charge in [-0.1, -0.05) is 18.2 Å². The third-order valence-electron chi connectivity index (χ3n) is 3.60. The molecule has 6 nitrogen and oxygen atoms in total. The first-order chi connectivity index (χ1) is 11.4. The van der Waals surface area contributed by atoms with Crippen LogP contribution in [-0.4, -0.2) is 30.8 Å². The second-order valence-corrected chi connectivity index (χ2v) is 7.50. The van der Waals surface area contributed by atoms with Gasteiger partial charge in [-0.05, 0) is 43.7 Å². The van der Waals surface area contributed by atoms with Gasteiger partial charge in [0.15, 0.2) is 0 Å². The van der Waals surface area contributed by atoms with E-state index in [1.54, 1.807) is 13.2 Å². The molecule has 0 aliphatic heterocycles. The van der Waals surface area contributed by atoms with E-state index in [1.807, 2.05) is 56.3 Å². The summed E-state index contributed by atoms with van der Waals surface area (Å²) in [5.41, 5.74) is 1.71. The van der Waals surface area contributed by atoms with Crippen molar-refractivity contribution in [2.75, 3.05) is 7.05 Å². The summed E-state index contributed by atoms with van der Waals surface area (Å²) in [7, 11) is -1.91. The van der Waals surface area contributed by atoms with Gasteiger partial charge >= 0.3 is 0 Å². The maximum absolute atomic E-state index is 12.1. The average Bonchev–Trinajstić information content (AvgIpc) is 2.59. The fraction of sp³-hybridized carbons (Fsp3) is 0.353. The third kappa shape index (κ3) is 5.30. The minimum atomic E-state index is -3.47. The highest BCUT2D eigenvalue weighted by atomic mass is 32.2. The summed E-state index contributed by atoms with van der Waals surface area (Å²) in [4.78, 5) is 4.19. The van der Waals surface area contributed by atoms with Crippen LogP contribution in [-0.2, 0) is 23.4 Å². The van der Waals surface area contributed by atoms with E-state index in [1.165, 1.54) is 4.31 Å². The molecule has 0 aliphatic rings. The Kier molecular flexibility index (Phi) is 6.30. The molecule has 0 saturated heterocycles. The fourth-order valence-corrected chi connectivity index (χ4v) is 3.01. The lowest BCUT2D eigenvalue weighted by Crippen LogP contribution is -2.41. The first-order valence-corrected chi connectivity index (χ1v) is 9.17. The highest BCUT2D eigenvalue weighted by Crippen LogP contribution is 2.14. The van der Waals surface area contributed by atoms with Gasteiger partial charge in [0.2, 0.25) is 0 Å². The van der Waals surface area contributed by atoms with Crippen LogP contribution in [0, 0.1) is 0 Å². The van der Waals surface area contributed by atoms with E-state index in [0.717, 1.165) is 11.3 Å². The maximum atomic E-state index is 12.1. The van der Waals surface area contributed by atoms with Crippen molar-refractivity contribution >= 4 is 10.2 Å². The average molecular weight is 349 g/mol. The quantitative estimate of drug-likeness (QED) is 0.794. The molecule has 2 rings (SSSR count). The highest BCUT2D eigenvalue weighted by molar-refractivity contribution is 7.87. The van der Waals surface area contributed by atoms with Crippen molar-refractivity contribution in [2.45, 2.75) is 33.0 Å². The Morgan fingerprint density at radius 1 is 1.17 bits per heavy atom. The van der Waals surface area contributed by atoms with E-state index < -0.39 is 10.2 Å². The first kappa shape index (κ1) is 18.4. The van der Waals surface area contributed by atoms with Crippen molar-refractivity contribution < 1.29 is 13.2 Å². The molecule has 1 aromatic carbocycles. The van der Waals surface area contributed by atoms with E-state index in [2.05, 4.69) is 9.71 Å². The van der Waals surface area contributed by atoms with Gasteiger partial charge in [0.25, 0.3) is 10.2 Å². The lowest BCUT2D eigenvalue weighted by Gasteiger charge is -2.21. The predicted octanol–water partition coefficient (Wildman–Crippen LogP) is 2.34. The number of pyridine rings is 1. The smallest absolute Gasteiger partial charge is 0.279 e. The van der Waals surface area contributed by atoms with Gasteiger partial charge in [0, 0.05) is 25.8 Å². The lowest BCUT2D eigenvalue weighted by molar-refractivity contribution is 0.301. The molecule has 1 aromatic heterocycles. The van der Waals surface area contributed by atoms with Gasteiger partial charge in [-0.2, -0.15) is 17.4 Å². The van der Waals surface area contributed by atoms with Crippen LogP contribution in [0.5, 0.6) is 5.75 Å². The van der Waals surface area contributed by atoms with Crippen LogP contribution in [0.4, 0.5) is 0 Å². The SMILES string of the molecule is CC(C)N(C)S(=O)(=O)NCc1ccc(OCc2ccccn2)cc1. The number of ether oxygens (including phenoxy) is 1. The monoisotopic (exact) mass is 349 g/mol. The molecule has 0 bridgehead atoms. The predicted molar refractivity (Wildman–Crippen MR) is 93.7 cm³/mol. The topological polar surface area (TPSA) is 71.5 Å². The molecule has 2 aromatic rings. The Hall–Kier alpha value is -1.96. The van der Waals surface area contributed by atoms with Crippen molar-refractivity contribution in [3.8, 4) is 5.75 Å². The minimum absolute atomic E-state index is 0.0927. The number of hydrogen-bond acceptors (Lipinski definition) is 4. The Morgan fingerprint density at radius 2 is 1.88 bits per heavy atom. The minimum Gasteiger partial charge on any atom is -0.487 e. The number of nitrogens with zero attached hydrogens (tertiary/aromatic N) is 2. The van der Waals surface area contributed by atoms with E-state index >= 15 is 0 Å². The van der Waals surface area contributed by atoms with Crippen LogP contribution >= 0.6 is 0 Å². The van der Waals surface area contributed by atoms with Crippen LogP contribution in [0.3, 0.4) is 0 Å². The molecule has 0 atom stereocenters. The summed E-state index contributed by atoms with van der Waals surface area (Å²) < 4.78 is 33.6. The maximum Gasteiger partial charge on any atom is 0.279 e. The van der Waals surface area contributed by atoms with Crippen LogP contribution in [0.1, 0.15) is 25.1 Å². The van der Waals surface area contributed by atoms with Gasteiger partial charge in [-0.25, -0.2) is 0 Å². The van der Waals surface area contributed by atoms with Crippen molar-refractivity contribution in [2.24, 2.45) is 0 Å². The molecule has 130 valence electrons. The third-order valence-corrected chi connectivity index (χ3v) is 5.29. The number of nitrogens with one attached hydrogen (secondary N) is 1. The Balaban J connectivity index is 1.88. The zero-order valence-electron chi connectivity index (χ0n) is 14.1. The van der Waals surface area contributed by atoms with E-state index in [0.29, 0.717) is 12.4 Å². The van der Waals surface area contributed by atoms with E-state index in [-0.39, 0.29) is 12.6 Å². The Bertz CT molecular complexity index is 731. The van der Waals surface area contributed by atoms with Crippen molar-refractivity contribution in [3.63, 3.8) is 0 Å². The summed E-state index contributed by atoms with van der Waals surface area (Å²) in [5, 5.41) is 0. The Morgan fingerprint density at radius 3 is 2.46 bits per heavy atom. The summed E-state index contributed by atoms with van der Waals surface area (Å²) in [5.74, 6) is 0.714. The lowest BCUT2D eigenvalue weighted by atomic mass is 10.2. The van der Waals surface area contributed by atoms with Gasteiger partial charge in [0.1, 0.15) is 12.4 Å². The van der Waals surface area contributed by atoms with Crippen LogP contribution < -0.4 is 9.46 Å². The largest absolute Gasteiger partial charge is 0.487 e. The molecule has 1 N–H and O–H groups in total. The number of aromatic nitrogens is 1. The molecule has 0 saturated carbocycles. The summed E-state index contributed by atoms with van der Waals surface area (Å²) in [6, 6.07) is 12.9. The van der Waals surface area contributed by atoms with E-state index in [4.69, 9.17) is 4.74 Å². The molecule has 0 radical (unpaired) electrons. The summed E-state index contributed by atoms with van der Waals surface area (Å²) >= 11 is 0. The molecule has 7 heteroatoms. The second kappa shape index (κ2) is 8.23. The molecular weight excluding hydrogens is 326 g/mol. The zero-order valence-corrected chi connectivity index (χ0v) is 15.0. The van der Waals surface area contributed by atoms with Crippen LogP contribution in [0.25, 0.3) is 0 Å². The zero-order chi connectivity index (χ0) is 17.6. The van der Waals surface area contributed by atoms with Gasteiger partial charge < -0.3 is 4.74 Å². The van der Waals surface area contributed by atoms with Crippen LogP contribution in [0.15, 0.2) is 48.7 Å². The highest BCUT2D eigenvalue weighted by Gasteiger charge is 2.19. The van der Waals surface area contributed by atoms with Gasteiger partial charge in [-0.15, -0.1) is 0 Å². The number of rotatable bonds is 8. The number of hydrogen-bond donors (Lipinski definition) is 1. The van der Waals surface area contributed by atoms with Gasteiger partial charge in [-0.3, -0.25) is 4.98 Å². The summed E-state index contributed by atoms with van der Waals surface area (Å²) in [6.45, 7) is 4.28. The molecule has 24 heavy (non-hydrogen) atoms. The molecule has 0 aliphatic carbocycles. The molecule has 0 spiro atoms. The van der Waals surface area contributed by atoms with Crippen LogP contribution in [0.2, 0.25) is 0 Å². The molecule has 0 unspecified atom stereocenters. The fourth-order valence-electron chi connectivity index (χ4n) is 1.90. The first-order valence-electron chi connectivity index (χ1n) is 7.73. The van der Waals surface area contributed by atoms with E-state index in [9.17, 15) is 8.42 Å². The summed E-state index contributed by atoms with van der Waals surface area (Å²) in [6.07, 6.45) is 1.72. The molecule has 0 fully saturated rings. The molecular formula is C17H23N3O3S. The second-order valence-electron chi connectivity index (χ2n) is 5.69. The van der Waals surface area contributed by atoms with Crippen molar-refractivity contribution in [1.82, 2.24) is 14.0 Å². The van der Waals surface area contributed by atoms with Gasteiger partial charge in [0.05, 0.1) is 5.69 Å². The Labute approximate surface area is 143 Å². The van der Waals surface area contributed by atoms with Crippen molar-refractivity contribution in [3.05, 3.63) is 59.9 Å². The van der Waals surface area contributed by atoms with Crippen molar-refractivity contribution in [1.29, 1.82) is 0 Å². The normalized spacial score (nSPS) is 11.9. The molecule has 0 amide bonds. The standard InChI is InChI=1S/C17H23N3O3S/c1-14(2)20(3)24(21,22)19-12-15-7-9-17(10-8-15)23-13-16-6-4-5-11-18-16/h4-11,14,19H,12-13H2,1-3H3. The molecule has 1 heterocycles. The number of benzene rings is 1.